The predicted molar refractivity (Wildman–Crippen MR) is 223 cm³/mol. The molecule has 2 aliphatic rings. The molecular weight excluding hydrogens is 767 g/mol. The van der Waals surface area contributed by atoms with Gasteiger partial charge in [0.25, 0.3) is 0 Å². The fourth-order valence-electron chi connectivity index (χ4n) is 7.72. The highest BCUT2D eigenvalue weighted by atomic mass is 35.5. The number of aliphatic hydroxyl groups excluding tert-OH is 1. The number of likely N-dealkylation sites (tertiary alicyclic amines) is 1. The number of amides is 2. The molecule has 14 heteroatoms. The molecule has 1 aliphatic carbocycles. The summed E-state index contributed by atoms with van der Waals surface area (Å²) < 4.78 is 42.3. The zero-order valence-corrected chi connectivity index (χ0v) is 35.2. The molecule has 1 aromatic heterocycles. The van der Waals surface area contributed by atoms with E-state index >= 15 is 0 Å². The quantitative estimate of drug-likeness (QED) is 0.0948. The molecule has 2 fully saturated rings. The van der Waals surface area contributed by atoms with Crippen LogP contribution >= 0.6 is 11.6 Å². The van der Waals surface area contributed by atoms with Gasteiger partial charge in [0.1, 0.15) is 18.2 Å². The highest BCUT2D eigenvalue weighted by Crippen LogP contribution is 2.41. The molecule has 5 rings (SSSR count). The lowest BCUT2D eigenvalue weighted by atomic mass is 9.73. The number of halogens is 2. The van der Waals surface area contributed by atoms with Gasteiger partial charge in [-0.05, 0) is 91.3 Å². The Morgan fingerprint density at radius 1 is 0.897 bits per heavy atom. The Labute approximate surface area is 347 Å². The number of nitrogens with zero attached hydrogens (tertiary/aromatic N) is 2. The van der Waals surface area contributed by atoms with Crippen molar-refractivity contribution in [2.45, 2.75) is 77.9 Å². The number of anilines is 1. The van der Waals surface area contributed by atoms with Crippen LogP contribution in [0.4, 0.5) is 10.1 Å². The third-order valence-corrected chi connectivity index (χ3v) is 11.4. The van der Waals surface area contributed by atoms with Crippen molar-refractivity contribution in [1.82, 2.24) is 15.2 Å². The second kappa shape index (κ2) is 22.8. The standard InChI is InChI=1S/C44H62ClFN4O8/c1-30(31-5-7-32(8-6-31)36-13-15-47-39-12-9-33(46)27-37(36)39)42(52)49-34-10-11-38(45)40(28-34)58-26-25-57-24-23-56-22-21-55-20-19-54-18-16-48-41(44(2,3)4)43(53)50-17-14-35(51)29-50/h9-13,15,27-28,30-32,35,41,48,51H,5-8,14,16-26,29H2,1-4H3,(H,49,52)/t30-,31?,32?,35-,41-/m1/s1. The summed E-state index contributed by atoms with van der Waals surface area (Å²) in [6.07, 6.45) is 5.70. The number of aliphatic hydroxyl groups is 1. The van der Waals surface area contributed by atoms with Crippen LogP contribution in [-0.2, 0) is 28.5 Å². The van der Waals surface area contributed by atoms with Gasteiger partial charge in [0, 0.05) is 48.9 Å². The zero-order valence-electron chi connectivity index (χ0n) is 34.5. The smallest absolute Gasteiger partial charge is 0.240 e. The normalized spacial score (nSPS) is 19.6. The molecule has 1 saturated heterocycles. The van der Waals surface area contributed by atoms with Gasteiger partial charge in [-0.25, -0.2) is 4.39 Å². The Bertz CT molecular complexity index is 1750. The fourth-order valence-corrected chi connectivity index (χ4v) is 7.90. The van der Waals surface area contributed by atoms with Crippen molar-refractivity contribution < 1.29 is 42.8 Å². The van der Waals surface area contributed by atoms with Gasteiger partial charge in [-0.2, -0.15) is 0 Å². The zero-order chi connectivity index (χ0) is 41.5. The largest absolute Gasteiger partial charge is 0.490 e. The number of nitrogens with one attached hydrogen (secondary N) is 2. The molecule has 0 unspecified atom stereocenters. The Kier molecular flexibility index (Phi) is 18.0. The van der Waals surface area contributed by atoms with Gasteiger partial charge in [-0.1, -0.05) is 39.3 Å². The van der Waals surface area contributed by atoms with Crippen LogP contribution in [0.5, 0.6) is 5.75 Å². The first-order valence-electron chi connectivity index (χ1n) is 20.7. The van der Waals surface area contributed by atoms with Gasteiger partial charge in [-0.3, -0.25) is 14.6 Å². The summed E-state index contributed by atoms with van der Waals surface area (Å²) in [5.74, 6) is 0.583. The van der Waals surface area contributed by atoms with Gasteiger partial charge in [0.2, 0.25) is 11.8 Å². The Morgan fingerprint density at radius 3 is 2.19 bits per heavy atom. The number of β-amino-alcohol motifs (C(OH)–C–C–N with tert-alkyl or cyclic N) is 1. The molecule has 12 nitrogen and oxygen atoms in total. The average molecular weight is 829 g/mol. The molecule has 2 aromatic carbocycles. The van der Waals surface area contributed by atoms with Crippen LogP contribution < -0.4 is 15.4 Å². The Balaban J connectivity index is 0.876. The summed E-state index contributed by atoms with van der Waals surface area (Å²) in [6.45, 7) is 13.2. The molecule has 1 aliphatic heterocycles. The maximum atomic E-state index is 14.0. The lowest BCUT2D eigenvalue weighted by Gasteiger charge is -2.33. The molecule has 0 radical (unpaired) electrons. The van der Waals surface area contributed by atoms with Crippen molar-refractivity contribution in [2.24, 2.45) is 17.3 Å². The van der Waals surface area contributed by atoms with Crippen LogP contribution in [0.3, 0.4) is 0 Å². The summed E-state index contributed by atoms with van der Waals surface area (Å²) in [7, 11) is 0. The van der Waals surface area contributed by atoms with Crippen LogP contribution in [0, 0.1) is 23.1 Å². The van der Waals surface area contributed by atoms with Crippen LogP contribution in [0.1, 0.15) is 71.3 Å². The summed E-state index contributed by atoms with van der Waals surface area (Å²) in [5, 5.41) is 17.5. The minimum absolute atomic E-state index is 0.0229. The van der Waals surface area contributed by atoms with Crippen molar-refractivity contribution in [1.29, 1.82) is 0 Å². The molecule has 320 valence electrons. The second-order valence-electron chi connectivity index (χ2n) is 16.4. The maximum Gasteiger partial charge on any atom is 0.240 e. The number of fused-ring (bicyclic) bond motifs is 1. The monoisotopic (exact) mass is 828 g/mol. The van der Waals surface area contributed by atoms with E-state index in [1.165, 1.54) is 6.07 Å². The van der Waals surface area contributed by atoms with Crippen molar-refractivity contribution in [2.75, 3.05) is 84.4 Å². The number of rotatable bonds is 22. The number of hydrogen-bond donors (Lipinski definition) is 3. The van der Waals surface area contributed by atoms with Gasteiger partial charge in [0.15, 0.2) is 0 Å². The number of aromatic nitrogens is 1. The van der Waals surface area contributed by atoms with Crippen LogP contribution in [0.2, 0.25) is 5.02 Å². The maximum absolute atomic E-state index is 14.0. The van der Waals surface area contributed by atoms with Gasteiger partial charge < -0.3 is 44.3 Å². The highest BCUT2D eigenvalue weighted by molar-refractivity contribution is 6.32. The number of carbonyl (C=O) groups is 2. The predicted octanol–water partition coefficient (Wildman–Crippen LogP) is 6.62. The summed E-state index contributed by atoms with van der Waals surface area (Å²) in [5.41, 5.74) is 2.30. The van der Waals surface area contributed by atoms with E-state index in [9.17, 15) is 19.1 Å². The van der Waals surface area contributed by atoms with E-state index in [0.29, 0.717) is 101 Å². The van der Waals surface area contributed by atoms with Crippen molar-refractivity contribution in [3.05, 3.63) is 65.1 Å². The third kappa shape index (κ3) is 13.8. The number of pyridine rings is 1. The van der Waals surface area contributed by atoms with E-state index < -0.39 is 6.10 Å². The van der Waals surface area contributed by atoms with Gasteiger partial charge in [0.05, 0.1) is 75.5 Å². The van der Waals surface area contributed by atoms with Crippen LogP contribution in [0.15, 0.2) is 48.7 Å². The molecule has 2 amide bonds. The Hall–Kier alpha value is -3.43. The average Bonchev–Trinajstić information content (AvgIpc) is 3.65. The molecule has 58 heavy (non-hydrogen) atoms. The first kappa shape index (κ1) is 45.7. The number of carbonyl (C=O) groups excluding carboxylic acids is 2. The van der Waals surface area contributed by atoms with E-state index in [1.807, 2.05) is 33.8 Å². The first-order valence-corrected chi connectivity index (χ1v) is 21.1. The van der Waals surface area contributed by atoms with E-state index in [-0.39, 0.29) is 47.5 Å². The van der Waals surface area contributed by atoms with E-state index in [2.05, 4.69) is 15.6 Å². The molecule has 0 bridgehead atoms. The summed E-state index contributed by atoms with van der Waals surface area (Å²) in [4.78, 5) is 32.4. The lowest BCUT2D eigenvalue weighted by Crippen LogP contribution is -2.53. The Morgan fingerprint density at radius 2 is 1.55 bits per heavy atom. The second-order valence-corrected chi connectivity index (χ2v) is 16.8. The minimum atomic E-state index is -0.436. The number of ether oxygens (including phenoxy) is 5. The van der Waals surface area contributed by atoms with Crippen molar-refractivity contribution >= 4 is 40.0 Å². The fraction of sp³-hybridized carbons (Fsp3) is 0.614. The first-order chi connectivity index (χ1) is 27.9. The van der Waals surface area contributed by atoms with Gasteiger partial charge >= 0.3 is 0 Å². The van der Waals surface area contributed by atoms with Crippen molar-refractivity contribution in [3.63, 3.8) is 0 Å². The minimum Gasteiger partial charge on any atom is -0.490 e. The van der Waals surface area contributed by atoms with Gasteiger partial charge in [-0.15, -0.1) is 0 Å². The summed E-state index contributed by atoms with van der Waals surface area (Å²) in [6, 6.07) is 11.6. The molecule has 3 aromatic rings. The number of benzene rings is 2. The van der Waals surface area contributed by atoms with E-state index in [1.54, 1.807) is 41.4 Å². The molecule has 1 saturated carbocycles. The van der Waals surface area contributed by atoms with Crippen LogP contribution in [-0.4, -0.2) is 118 Å². The molecule has 3 atom stereocenters. The topological polar surface area (TPSA) is 141 Å². The van der Waals surface area contributed by atoms with Crippen LogP contribution in [0.25, 0.3) is 10.9 Å². The molecular formula is C44H62ClFN4O8. The molecule has 0 spiro atoms. The summed E-state index contributed by atoms with van der Waals surface area (Å²) >= 11 is 6.39. The SMILES string of the molecule is C[C@@H](C(=O)Nc1ccc(Cl)c(OCCOCCOCCOCCOCCN[C@H](C(=O)N2CC[C@@H](O)C2)C(C)(C)C)c1)C1CCC(c2ccnc3ccc(F)cc23)CC1. The third-order valence-electron chi connectivity index (χ3n) is 11.1. The van der Waals surface area contributed by atoms with E-state index in [4.69, 9.17) is 35.3 Å². The highest BCUT2D eigenvalue weighted by Gasteiger charge is 2.36. The molecule has 3 N–H and O–H groups in total. The van der Waals surface area contributed by atoms with Crippen molar-refractivity contribution in [3.8, 4) is 5.75 Å². The van der Waals surface area contributed by atoms with E-state index in [0.717, 1.165) is 42.1 Å². The lowest BCUT2D eigenvalue weighted by molar-refractivity contribution is -0.135. The molecule has 2 heterocycles. The number of hydrogen-bond acceptors (Lipinski definition) is 10.